The van der Waals surface area contributed by atoms with Crippen LogP contribution in [0.5, 0.6) is 0 Å². The molecule has 30 heavy (non-hydrogen) atoms. The highest BCUT2D eigenvalue weighted by molar-refractivity contribution is 6.31. The lowest BCUT2D eigenvalue weighted by molar-refractivity contribution is 0.179. The zero-order valence-electron chi connectivity index (χ0n) is 17.4. The van der Waals surface area contributed by atoms with Crippen molar-refractivity contribution in [3.8, 4) is 0 Å². The third-order valence-corrected chi connectivity index (χ3v) is 6.47. The van der Waals surface area contributed by atoms with E-state index in [2.05, 4.69) is 31.7 Å². The zero-order chi connectivity index (χ0) is 21.3. The molecule has 1 aromatic heterocycles. The van der Waals surface area contributed by atoms with Gasteiger partial charge < -0.3 is 20.9 Å². The number of rotatable bonds is 7. The van der Waals surface area contributed by atoms with Gasteiger partial charge >= 0.3 is 0 Å². The van der Waals surface area contributed by atoms with E-state index in [0.29, 0.717) is 35.4 Å². The molecule has 2 unspecified atom stereocenters. The Morgan fingerprint density at radius 2 is 2.23 bits per heavy atom. The van der Waals surface area contributed by atoms with Crippen LogP contribution in [0.1, 0.15) is 32.6 Å². The van der Waals surface area contributed by atoms with Gasteiger partial charge in [-0.2, -0.15) is 4.98 Å². The first-order valence-corrected chi connectivity index (χ1v) is 11.0. The number of allylic oxidation sites excluding steroid dienone is 3. The third kappa shape index (κ3) is 4.56. The molecule has 1 aliphatic heterocycles. The van der Waals surface area contributed by atoms with Crippen molar-refractivity contribution in [3.63, 3.8) is 0 Å². The van der Waals surface area contributed by atoms with E-state index in [9.17, 15) is 4.39 Å². The number of anilines is 2. The molecule has 0 aromatic carbocycles. The highest BCUT2D eigenvalue weighted by Gasteiger charge is 2.38. The van der Waals surface area contributed by atoms with Gasteiger partial charge in [0.2, 0.25) is 5.95 Å². The lowest BCUT2D eigenvalue weighted by Crippen LogP contribution is -2.51. The first-order valence-electron chi connectivity index (χ1n) is 10.6. The summed E-state index contributed by atoms with van der Waals surface area (Å²) >= 11 is 5.94. The summed E-state index contributed by atoms with van der Waals surface area (Å²) in [5.74, 6) is 2.02. The molecule has 1 saturated carbocycles. The number of nitrogens with two attached hydrogens (primary N) is 1. The quantitative estimate of drug-likeness (QED) is 0.686. The Morgan fingerprint density at radius 1 is 1.43 bits per heavy atom. The van der Waals surface area contributed by atoms with E-state index in [1.807, 2.05) is 13.0 Å². The van der Waals surface area contributed by atoms with Gasteiger partial charge in [0.15, 0.2) is 0 Å². The maximum atomic E-state index is 14.6. The van der Waals surface area contributed by atoms with Crippen molar-refractivity contribution in [1.29, 1.82) is 0 Å². The minimum atomic E-state index is -1.13. The largest absolute Gasteiger partial charge is 0.384 e. The number of nitrogen functional groups attached to an aromatic ring is 1. The highest BCUT2D eigenvalue weighted by Crippen LogP contribution is 2.36. The van der Waals surface area contributed by atoms with Crippen LogP contribution in [0.2, 0.25) is 0 Å². The van der Waals surface area contributed by atoms with Gasteiger partial charge in [-0.3, -0.25) is 0 Å². The molecule has 2 heterocycles. The van der Waals surface area contributed by atoms with E-state index in [4.69, 9.17) is 17.3 Å². The van der Waals surface area contributed by atoms with Crippen LogP contribution >= 0.6 is 11.6 Å². The molecule has 3 atom stereocenters. The molecule has 2 fully saturated rings. The van der Waals surface area contributed by atoms with Crippen LogP contribution in [0, 0.1) is 5.41 Å². The van der Waals surface area contributed by atoms with Crippen LogP contribution < -0.4 is 16.0 Å². The molecule has 6 nitrogen and oxygen atoms in total. The average molecular weight is 433 g/mol. The molecule has 0 spiro atoms. The van der Waals surface area contributed by atoms with E-state index in [1.54, 1.807) is 18.3 Å². The first kappa shape index (κ1) is 21.0. The number of alkyl halides is 1. The first-order chi connectivity index (χ1) is 14.4. The molecular weight excluding hydrogens is 403 g/mol. The number of piperidine rings is 1. The molecule has 1 saturated heterocycles. The van der Waals surface area contributed by atoms with Crippen molar-refractivity contribution >= 4 is 23.4 Å². The van der Waals surface area contributed by atoms with Gasteiger partial charge in [-0.1, -0.05) is 31.2 Å². The van der Waals surface area contributed by atoms with E-state index in [1.165, 1.54) is 6.08 Å². The fraction of sp³-hybridized carbons (Fsp3) is 0.545. The van der Waals surface area contributed by atoms with Gasteiger partial charge in [0.25, 0.3) is 0 Å². The van der Waals surface area contributed by atoms with Gasteiger partial charge in [-0.25, -0.2) is 9.37 Å². The number of aromatic nitrogens is 2. The normalized spacial score (nSPS) is 28.8. The Hall–Kier alpha value is -2.28. The van der Waals surface area contributed by atoms with Crippen molar-refractivity contribution in [1.82, 2.24) is 20.2 Å². The van der Waals surface area contributed by atoms with Crippen LogP contribution in [0.15, 0.2) is 47.9 Å². The topological polar surface area (TPSA) is 70.3 Å². The fourth-order valence-electron chi connectivity index (χ4n) is 4.26. The van der Waals surface area contributed by atoms with Crippen LogP contribution in [0.25, 0.3) is 0 Å². The van der Waals surface area contributed by atoms with Crippen molar-refractivity contribution in [2.75, 3.05) is 30.3 Å². The summed E-state index contributed by atoms with van der Waals surface area (Å²) in [4.78, 5) is 13.4. The number of nitrogens with zero attached hydrogens (tertiary/aromatic N) is 4. The summed E-state index contributed by atoms with van der Waals surface area (Å²) in [7, 11) is 0. The van der Waals surface area contributed by atoms with Crippen LogP contribution in [0.4, 0.5) is 16.2 Å². The standard InChI is InChI=1S/C22H30ClFN6/c1-15(27-14-22(2)9-7-16(23)12-19(22)24)30(17-5-6-17)18-4-3-11-29(13-18)21-26-10-8-20(25)28-21/h7-10,12,17-19,27H,1,3-6,11,13-14H2,2H3,(H2,25,26,28)/t18-,19?,22?/m1/s1. The van der Waals surface area contributed by atoms with Crippen LogP contribution in [-0.4, -0.2) is 52.8 Å². The molecule has 162 valence electrons. The predicted octanol–water partition coefficient (Wildman–Crippen LogP) is 3.59. The van der Waals surface area contributed by atoms with Crippen molar-refractivity contribution in [2.45, 2.75) is 50.9 Å². The second kappa shape index (κ2) is 8.46. The smallest absolute Gasteiger partial charge is 0.227 e. The maximum Gasteiger partial charge on any atom is 0.227 e. The molecule has 8 heteroatoms. The molecule has 4 rings (SSSR count). The second-order valence-electron chi connectivity index (χ2n) is 8.75. The molecule has 3 aliphatic rings. The Balaban J connectivity index is 1.42. The summed E-state index contributed by atoms with van der Waals surface area (Å²) < 4.78 is 14.6. The fourth-order valence-corrected chi connectivity index (χ4v) is 4.43. The maximum absolute atomic E-state index is 14.6. The predicted molar refractivity (Wildman–Crippen MR) is 120 cm³/mol. The van der Waals surface area contributed by atoms with E-state index >= 15 is 0 Å². The Labute approximate surface area is 182 Å². The van der Waals surface area contributed by atoms with Crippen LogP contribution in [-0.2, 0) is 0 Å². The van der Waals surface area contributed by atoms with Gasteiger partial charge in [0.1, 0.15) is 12.0 Å². The third-order valence-electron chi connectivity index (χ3n) is 6.22. The summed E-state index contributed by atoms with van der Waals surface area (Å²) in [5, 5.41) is 3.87. The van der Waals surface area contributed by atoms with Gasteiger partial charge in [-0.15, -0.1) is 0 Å². The van der Waals surface area contributed by atoms with Gasteiger partial charge in [-0.05, 0) is 43.9 Å². The molecule has 2 aliphatic carbocycles. The molecule has 0 amide bonds. The van der Waals surface area contributed by atoms with E-state index in [-0.39, 0.29) is 0 Å². The average Bonchev–Trinajstić information content (AvgIpc) is 3.55. The summed E-state index contributed by atoms with van der Waals surface area (Å²) in [5.41, 5.74) is 5.20. The molecule has 0 radical (unpaired) electrons. The number of nitrogens with one attached hydrogen (secondary N) is 1. The highest BCUT2D eigenvalue weighted by atomic mass is 35.5. The minimum Gasteiger partial charge on any atom is -0.384 e. The minimum absolute atomic E-state index is 0.307. The number of hydrogen-bond donors (Lipinski definition) is 2. The number of hydrogen-bond acceptors (Lipinski definition) is 6. The van der Waals surface area contributed by atoms with E-state index < -0.39 is 11.6 Å². The lowest BCUT2D eigenvalue weighted by atomic mass is 9.82. The Kier molecular flexibility index (Phi) is 5.91. The molecule has 3 N–H and O–H groups in total. The van der Waals surface area contributed by atoms with E-state index in [0.717, 1.165) is 44.6 Å². The second-order valence-corrected chi connectivity index (χ2v) is 9.19. The molecular formula is C22H30ClFN6. The lowest BCUT2D eigenvalue weighted by Gasteiger charge is -2.42. The zero-order valence-corrected chi connectivity index (χ0v) is 18.2. The van der Waals surface area contributed by atoms with Gasteiger partial charge in [0, 0.05) is 48.4 Å². The summed E-state index contributed by atoms with van der Waals surface area (Å²) in [6.07, 6.45) is 10.1. The molecule has 1 aromatic rings. The summed E-state index contributed by atoms with van der Waals surface area (Å²) in [6.45, 7) is 8.41. The summed E-state index contributed by atoms with van der Waals surface area (Å²) in [6, 6.07) is 2.50. The molecule has 0 bridgehead atoms. The SMILES string of the molecule is C=C(NCC1(C)C=CC(Cl)=CC1F)N(C1CC1)[C@@H]1CCCN(c2nccc(N)n2)C1. The Morgan fingerprint density at radius 3 is 2.93 bits per heavy atom. The van der Waals surface area contributed by atoms with Crippen molar-refractivity contribution < 1.29 is 4.39 Å². The number of halogens is 2. The monoisotopic (exact) mass is 432 g/mol. The van der Waals surface area contributed by atoms with Gasteiger partial charge in [0.05, 0.1) is 5.82 Å². The van der Waals surface area contributed by atoms with Crippen LogP contribution in [0.3, 0.4) is 0 Å². The Bertz CT molecular complexity index is 854. The van der Waals surface area contributed by atoms with Crippen molar-refractivity contribution in [2.24, 2.45) is 5.41 Å². The van der Waals surface area contributed by atoms with Crippen molar-refractivity contribution in [3.05, 3.63) is 47.9 Å².